The van der Waals surface area contributed by atoms with Crippen molar-refractivity contribution in [1.82, 2.24) is 4.90 Å². The molecule has 9 heteroatoms. The fourth-order valence-corrected chi connectivity index (χ4v) is 4.07. The summed E-state index contributed by atoms with van der Waals surface area (Å²) in [6.07, 6.45) is -2.55. The highest BCUT2D eigenvalue weighted by Crippen LogP contribution is 2.31. The van der Waals surface area contributed by atoms with Crippen molar-refractivity contribution in [2.24, 2.45) is 5.92 Å². The van der Waals surface area contributed by atoms with Gasteiger partial charge in [-0.15, -0.1) is 0 Å². The van der Waals surface area contributed by atoms with Crippen molar-refractivity contribution in [1.29, 1.82) is 0 Å². The van der Waals surface area contributed by atoms with E-state index in [0.29, 0.717) is 24.6 Å². The van der Waals surface area contributed by atoms with Crippen LogP contribution in [0.25, 0.3) is 0 Å². The molecule has 0 saturated heterocycles. The molecule has 0 atom stereocenters. The Hall–Kier alpha value is -2.55. The van der Waals surface area contributed by atoms with E-state index in [1.165, 1.54) is 12.1 Å². The predicted octanol–water partition coefficient (Wildman–Crippen LogP) is 5.65. The molecule has 0 unspecified atom stereocenters. The third-order valence-electron chi connectivity index (χ3n) is 4.61. The van der Waals surface area contributed by atoms with E-state index in [2.05, 4.69) is 0 Å². The maximum Gasteiger partial charge on any atom is 0.416 e. The molecular weight excluding hydrogens is 443 g/mol. The third-order valence-corrected chi connectivity index (χ3v) is 5.85. The van der Waals surface area contributed by atoms with E-state index in [0.717, 1.165) is 31.0 Å². The Morgan fingerprint density at radius 2 is 1.78 bits per heavy atom. The number of rotatable bonds is 10. The Kier molecular flexibility index (Phi) is 8.72. The zero-order valence-corrected chi connectivity index (χ0v) is 19.2. The number of carbonyl (C=O) groups excluding carboxylic acids is 1. The van der Waals surface area contributed by atoms with Gasteiger partial charge in [0, 0.05) is 19.5 Å². The van der Waals surface area contributed by atoms with Gasteiger partial charge < -0.3 is 9.08 Å². The number of carbonyl (C=O) groups is 1. The average Bonchev–Trinajstić information content (AvgIpc) is 2.70. The van der Waals surface area contributed by atoms with E-state index in [9.17, 15) is 26.4 Å². The first kappa shape index (κ1) is 25.7. The van der Waals surface area contributed by atoms with Crippen LogP contribution < -0.4 is 4.18 Å². The zero-order valence-electron chi connectivity index (χ0n) is 18.4. The zero-order chi connectivity index (χ0) is 23.9. The average molecular weight is 472 g/mol. The predicted molar refractivity (Wildman–Crippen MR) is 115 cm³/mol. The second-order valence-corrected chi connectivity index (χ2v) is 9.53. The molecule has 0 radical (unpaired) electrons. The van der Waals surface area contributed by atoms with Crippen LogP contribution in [0.5, 0.6) is 5.75 Å². The second kappa shape index (κ2) is 10.8. The van der Waals surface area contributed by atoms with Crippen molar-refractivity contribution in [3.05, 3.63) is 59.7 Å². The van der Waals surface area contributed by atoms with Gasteiger partial charge in [-0.2, -0.15) is 21.6 Å². The van der Waals surface area contributed by atoms with E-state index >= 15 is 0 Å². The van der Waals surface area contributed by atoms with E-state index < -0.39 is 26.8 Å². The van der Waals surface area contributed by atoms with Gasteiger partial charge in [0.2, 0.25) is 5.91 Å². The minimum absolute atomic E-state index is 0.0171. The normalized spacial score (nSPS) is 12.1. The molecule has 5 nitrogen and oxygen atoms in total. The summed E-state index contributed by atoms with van der Waals surface area (Å²) in [4.78, 5) is 13.7. The monoisotopic (exact) mass is 471 g/mol. The van der Waals surface area contributed by atoms with Crippen molar-refractivity contribution in [2.75, 3.05) is 6.54 Å². The van der Waals surface area contributed by atoms with Crippen LogP contribution in [0.1, 0.15) is 51.2 Å². The van der Waals surface area contributed by atoms with Crippen LogP contribution in [0.2, 0.25) is 0 Å². The molecule has 0 aliphatic rings. The van der Waals surface area contributed by atoms with Crippen LogP contribution in [0.4, 0.5) is 13.2 Å². The maximum atomic E-state index is 12.9. The van der Waals surface area contributed by atoms with Crippen molar-refractivity contribution in [3.8, 4) is 5.75 Å². The molecule has 0 aromatic heterocycles. The molecule has 0 saturated carbocycles. The summed E-state index contributed by atoms with van der Waals surface area (Å²) in [6.45, 7) is 6.84. The number of unbranched alkanes of at least 4 members (excludes halogenated alkanes) is 1. The molecule has 0 bridgehead atoms. The number of hydrogen-bond acceptors (Lipinski definition) is 4. The van der Waals surface area contributed by atoms with Crippen LogP contribution in [0, 0.1) is 5.92 Å². The molecule has 1 amide bonds. The Morgan fingerprint density at radius 1 is 1.09 bits per heavy atom. The van der Waals surface area contributed by atoms with Gasteiger partial charge in [-0.25, -0.2) is 0 Å². The SMILES string of the molecule is CCCCC(=O)N(Cc1cccc(OS(=O)(=O)c2cccc(C(F)(F)F)c2)c1)CC(C)C. The molecule has 32 heavy (non-hydrogen) atoms. The number of nitrogens with zero attached hydrogens (tertiary/aromatic N) is 1. The molecule has 0 spiro atoms. The van der Waals surface area contributed by atoms with E-state index in [-0.39, 0.29) is 24.1 Å². The smallest absolute Gasteiger partial charge is 0.379 e. The fraction of sp³-hybridized carbons (Fsp3) is 0.435. The Labute approximate surface area is 187 Å². The molecule has 2 aromatic rings. The lowest BCUT2D eigenvalue weighted by Gasteiger charge is -2.25. The molecular formula is C23H28F3NO4S. The van der Waals surface area contributed by atoms with Crippen molar-refractivity contribution >= 4 is 16.0 Å². The molecule has 176 valence electrons. The topological polar surface area (TPSA) is 63.7 Å². The minimum Gasteiger partial charge on any atom is -0.379 e. The Balaban J connectivity index is 2.22. The van der Waals surface area contributed by atoms with Gasteiger partial charge in [0.1, 0.15) is 10.6 Å². The summed E-state index contributed by atoms with van der Waals surface area (Å²) in [5.74, 6) is 0.232. The van der Waals surface area contributed by atoms with Gasteiger partial charge in [-0.3, -0.25) is 4.79 Å². The highest BCUT2D eigenvalue weighted by atomic mass is 32.2. The van der Waals surface area contributed by atoms with Crippen LogP contribution in [0.3, 0.4) is 0 Å². The number of alkyl halides is 3. The maximum absolute atomic E-state index is 12.9. The third kappa shape index (κ3) is 7.55. The number of halogens is 3. The molecule has 0 N–H and O–H groups in total. The van der Waals surface area contributed by atoms with Crippen LogP contribution in [-0.2, 0) is 27.6 Å². The summed E-state index contributed by atoms with van der Waals surface area (Å²) < 4.78 is 68.9. The Bertz CT molecular complexity index is 1020. The first-order valence-corrected chi connectivity index (χ1v) is 11.8. The van der Waals surface area contributed by atoms with Crippen molar-refractivity contribution in [3.63, 3.8) is 0 Å². The Morgan fingerprint density at radius 3 is 2.41 bits per heavy atom. The van der Waals surface area contributed by atoms with Gasteiger partial charge in [0.05, 0.1) is 5.56 Å². The number of benzene rings is 2. The van der Waals surface area contributed by atoms with Crippen molar-refractivity contribution < 1.29 is 30.6 Å². The summed E-state index contributed by atoms with van der Waals surface area (Å²) in [6, 6.07) is 9.59. The van der Waals surface area contributed by atoms with Gasteiger partial charge in [0.25, 0.3) is 0 Å². The summed E-state index contributed by atoms with van der Waals surface area (Å²) in [5, 5.41) is 0. The molecule has 2 aromatic carbocycles. The molecule has 0 heterocycles. The van der Waals surface area contributed by atoms with Crippen molar-refractivity contribution in [2.45, 2.75) is 57.7 Å². The second-order valence-electron chi connectivity index (χ2n) is 7.98. The number of amides is 1. The van der Waals surface area contributed by atoms with E-state index in [4.69, 9.17) is 4.18 Å². The fourth-order valence-electron chi connectivity index (χ4n) is 3.10. The van der Waals surface area contributed by atoms with Gasteiger partial charge in [-0.1, -0.05) is 45.4 Å². The standard InChI is InChI=1S/C23H28F3NO4S/c1-4-5-12-22(28)27(15-17(2)3)16-18-8-6-10-20(13-18)31-32(29,30)21-11-7-9-19(14-21)23(24,25)26/h6-11,13-14,17H,4-5,12,15-16H2,1-3H3. The van der Waals surface area contributed by atoms with Gasteiger partial charge in [0.15, 0.2) is 0 Å². The quantitative estimate of drug-likeness (QED) is 0.420. The largest absolute Gasteiger partial charge is 0.416 e. The lowest BCUT2D eigenvalue weighted by Crippen LogP contribution is -2.33. The first-order chi connectivity index (χ1) is 14.9. The molecule has 0 fully saturated rings. The minimum atomic E-state index is -4.67. The highest BCUT2D eigenvalue weighted by molar-refractivity contribution is 7.87. The van der Waals surface area contributed by atoms with Crippen LogP contribution >= 0.6 is 0 Å². The van der Waals surface area contributed by atoms with E-state index in [1.807, 2.05) is 20.8 Å². The molecule has 2 rings (SSSR count). The van der Waals surface area contributed by atoms with Crippen LogP contribution in [0.15, 0.2) is 53.4 Å². The summed E-state index contributed by atoms with van der Waals surface area (Å²) in [7, 11) is -4.47. The molecule has 0 aliphatic carbocycles. The summed E-state index contributed by atoms with van der Waals surface area (Å²) >= 11 is 0. The highest BCUT2D eigenvalue weighted by Gasteiger charge is 2.32. The molecule has 0 aliphatic heterocycles. The lowest BCUT2D eigenvalue weighted by molar-refractivity contribution is -0.137. The summed E-state index contributed by atoms with van der Waals surface area (Å²) in [5.41, 5.74) is -0.418. The number of hydrogen-bond donors (Lipinski definition) is 0. The van der Waals surface area contributed by atoms with Gasteiger partial charge >= 0.3 is 16.3 Å². The van der Waals surface area contributed by atoms with E-state index in [1.54, 1.807) is 17.0 Å². The lowest BCUT2D eigenvalue weighted by atomic mass is 10.1. The van der Waals surface area contributed by atoms with Crippen LogP contribution in [-0.4, -0.2) is 25.8 Å². The first-order valence-electron chi connectivity index (χ1n) is 10.4. The van der Waals surface area contributed by atoms with Gasteiger partial charge in [-0.05, 0) is 48.2 Å².